The van der Waals surface area contributed by atoms with Gasteiger partial charge in [0.25, 0.3) is 0 Å². The number of nitrogens with one attached hydrogen (secondary N) is 1. The lowest BCUT2D eigenvalue weighted by Gasteiger charge is -2.27. The normalized spacial score (nSPS) is 14.5. The van der Waals surface area contributed by atoms with Crippen LogP contribution in [0.5, 0.6) is 0 Å². The second-order valence-corrected chi connectivity index (χ2v) is 14.7. The van der Waals surface area contributed by atoms with Gasteiger partial charge < -0.3 is 25.7 Å². The molecule has 0 aliphatic heterocycles. The van der Waals surface area contributed by atoms with Crippen LogP contribution in [0.25, 0.3) is 0 Å². The van der Waals surface area contributed by atoms with Crippen LogP contribution in [0.4, 0.5) is 0 Å². The average Bonchev–Trinajstić information content (AvgIpc) is 3.11. The Kier molecular flexibility index (Phi) is 37.1. The zero-order chi connectivity index (χ0) is 36.0. The summed E-state index contributed by atoms with van der Waals surface area (Å²) >= 11 is 0. The maximum atomic E-state index is 12.4. The molecule has 0 spiro atoms. The van der Waals surface area contributed by atoms with E-state index in [4.69, 9.17) is 0 Å². The number of hydrogen-bond donors (Lipinski definition) is 5. The second kappa shape index (κ2) is 38.0. The molecule has 0 heterocycles. The van der Waals surface area contributed by atoms with E-state index in [0.717, 1.165) is 25.7 Å². The molecule has 0 aromatic heterocycles. The third kappa shape index (κ3) is 32.4. The van der Waals surface area contributed by atoms with E-state index >= 15 is 0 Å². The van der Waals surface area contributed by atoms with Crippen LogP contribution < -0.4 is 5.32 Å². The molecule has 0 rings (SSSR count). The van der Waals surface area contributed by atoms with Crippen molar-refractivity contribution in [1.29, 1.82) is 0 Å². The Bertz CT molecular complexity index is 742. The summed E-state index contributed by atoms with van der Waals surface area (Å²) in [7, 11) is 0. The van der Waals surface area contributed by atoms with Crippen molar-refractivity contribution in [2.24, 2.45) is 0 Å². The molecule has 4 unspecified atom stereocenters. The summed E-state index contributed by atoms with van der Waals surface area (Å²) < 4.78 is 0. The molecule has 0 aromatic carbocycles. The summed E-state index contributed by atoms with van der Waals surface area (Å²) in [5.41, 5.74) is 0. The molecule has 5 N–H and O–H groups in total. The highest BCUT2D eigenvalue weighted by atomic mass is 16.3. The first kappa shape index (κ1) is 47.8. The Balaban J connectivity index is 3.68. The Labute approximate surface area is 304 Å². The summed E-state index contributed by atoms with van der Waals surface area (Å²) in [5.74, 6) is -0.630. The highest BCUT2D eigenvalue weighted by Gasteiger charge is 2.28. The van der Waals surface area contributed by atoms with Gasteiger partial charge in [0, 0.05) is 0 Å². The summed E-state index contributed by atoms with van der Waals surface area (Å²) in [4.78, 5) is 12.4. The second-order valence-electron chi connectivity index (χ2n) is 14.7. The van der Waals surface area contributed by atoms with Crippen LogP contribution in [-0.4, -0.2) is 57.3 Å². The first-order valence-corrected chi connectivity index (χ1v) is 21.2. The molecule has 0 saturated heterocycles. The molecule has 4 atom stereocenters. The van der Waals surface area contributed by atoms with Crippen molar-refractivity contribution in [2.45, 2.75) is 237 Å². The Morgan fingerprint density at radius 2 is 0.837 bits per heavy atom. The highest BCUT2D eigenvalue weighted by molar-refractivity contribution is 5.80. The summed E-state index contributed by atoms with van der Waals surface area (Å²) in [5, 5.41) is 43.3. The average molecular weight is 694 g/mol. The van der Waals surface area contributed by atoms with Crippen molar-refractivity contribution >= 4 is 5.91 Å². The van der Waals surface area contributed by atoms with Crippen LogP contribution in [0.1, 0.15) is 213 Å². The zero-order valence-electron chi connectivity index (χ0n) is 32.4. The number of carbonyl (C=O) groups excluding carboxylic acids is 1. The lowest BCUT2D eigenvalue weighted by Crippen LogP contribution is -2.53. The predicted octanol–water partition coefficient (Wildman–Crippen LogP) is 10.8. The SMILES string of the molecule is CCCCCC/C=C\CCC(O)C(=O)NC(CO)C(O)C(O)CCC/C=C/CCCCCCCCCCCCCCCCCCCCCC. The zero-order valence-corrected chi connectivity index (χ0v) is 32.4. The number of allylic oxidation sites excluding steroid dienone is 4. The van der Waals surface area contributed by atoms with Gasteiger partial charge in [0.1, 0.15) is 12.2 Å². The molecular weight excluding hydrogens is 610 g/mol. The van der Waals surface area contributed by atoms with Crippen LogP contribution in [0.2, 0.25) is 0 Å². The first-order valence-electron chi connectivity index (χ1n) is 21.2. The largest absolute Gasteiger partial charge is 0.394 e. The van der Waals surface area contributed by atoms with Gasteiger partial charge in [-0.3, -0.25) is 4.79 Å². The minimum Gasteiger partial charge on any atom is -0.394 e. The molecule has 0 radical (unpaired) electrons. The van der Waals surface area contributed by atoms with E-state index in [2.05, 4.69) is 37.4 Å². The molecule has 0 aliphatic carbocycles. The standard InChI is InChI=1S/C43H83NO5/c1-3-5-7-9-11-13-14-15-16-17-18-19-20-21-22-23-24-25-26-27-28-29-31-32-34-36-40(46)42(48)39(38-45)44-43(49)41(47)37-35-33-30-12-10-8-6-4-2/h29-31,33,39-42,45-48H,3-28,32,34-38H2,1-2H3,(H,44,49)/b31-29+,33-30-. The van der Waals surface area contributed by atoms with E-state index in [1.54, 1.807) is 0 Å². The number of aliphatic hydroxyl groups is 4. The van der Waals surface area contributed by atoms with Gasteiger partial charge in [-0.05, 0) is 57.8 Å². The highest BCUT2D eigenvalue weighted by Crippen LogP contribution is 2.16. The smallest absolute Gasteiger partial charge is 0.249 e. The van der Waals surface area contributed by atoms with Gasteiger partial charge in [-0.1, -0.05) is 179 Å². The Morgan fingerprint density at radius 3 is 1.24 bits per heavy atom. The van der Waals surface area contributed by atoms with E-state index < -0.39 is 36.9 Å². The van der Waals surface area contributed by atoms with Gasteiger partial charge in [-0.15, -0.1) is 0 Å². The maximum absolute atomic E-state index is 12.4. The van der Waals surface area contributed by atoms with E-state index in [0.29, 0.717) is 19.3 Å². The van der Waals surface area contributed by atoms with E-state index in [9.17, 15) is 25.2 Å². The monoisotopic (exact) mass is 694 g/mol. The molecule has 0 bridgehead atoms. The van der Waals surface area contributed by atoms with Crippen LogP contribution in [0.15, 0.2) is 24.3 Å². The third-order valence-corrected chi connectivity index (χ3v) is 9.89. The van der Waals surface area contributed by atoms with Crippen LogP contribution >= 0.6 is 0 Å². The summed E-state index contributed by atoms with van der Waals surface area (Å²) in [6.45, 7) is 3.97. The lowest BCUT2D eigenvalue weighted by molar-refractivity contribution is -0.132. The fourth-order valence-corrected chi connectivity index (χ4v) is 6.46. The Hall–Kier alpha value is -1.21. The van der Waals surface area contributed by atoms with Crippen molar-refractivity contribution in [1.82, 2.24) is 5.32 Å². The van der Waals surface area contributed by atoms with Crippen LogP contribution in [0.3, 0.4) is 0 Å². The molecule has 290 valence electrons. The minimum absolute atomic E-state index is 0.278. The van der Waals surface area contributed by atoms with Crippen molar-refractivity contribution in [3.05, 3.63) is 24.3 Å². The predicted molar refractivity (Wildman–Crippen MR) is 210 cm³/mol. The van der Waals surface area contributed by atoms with Crippen LogP contribution in [-0.2, 0) is 4.79 Å². The maximum Gasteiger partial charge on any atom is 0.249 e. The number of rotatable bonds is 38. The molecule has 0 aromatic rings. The Morgan fingerprint density at radius 1 is 0.490 bits per heavy atom. The minimum atomic E-state index is -1.29. The first-order chi connectivity index (χ1) is 24.0. The molecule has 0 saturated carbocycles. The molecule has 0 aliphatic rings. The van der Waals surface area contributed by atoms with Crippen LogP contribution in [0, 0.1) is 0 Å². The molecule has 0 fully saturated rings. The molecule has 6 nitrogen and oxygen atoms in total. The summed E-state index contributed by atoms with van der Waals surface area (Å²) in [6, 6.07) is -1.01. The van der Waals surface area contributed by atoms with Gasteiger partial charge in [-0.2, -0.15) is 0 Å². The van der Waals surface area contributed by atoms with Gasteiger partial charge >= 0.3 is 0 Å². The topological polar surface area (TPSA) is 110 Å². The number of unbranched alkanes of at least 4 members (excludes halogenated alkanes) is 25. The van der Waals surface area contributed by atoms with Gasteiger partial charge in [0.05, 0.1) is 18.8 Å². The molecule has 49 heavy (non-hydrogen) atoms. The number of carbonyl (C=O) groups is 1. The fourth-order valence-electron chi connectivity index (χ4n) is 6.46. The van der Waals surface area contributed by atoms with E-state index in [1.165, 1.54) is 148 Å². The van der Waals surface area contributed by atoms with E-state index in [-0.39, 0.29) is 6.42 Å². The fraction of sp³-hybridized carbons (Fsp3) is 0.884. The lowest BCUT2D eigenvalue weighted by atomic mass is 10.00. The van der Waals surface area contributed by atoms with Crippen molar-refractivity contribution in [3.8, 4) is 0 Å². The number of hydrogen-bond acceptors (Lipinski definition) is 5. The quantitative estimate of drug-likeness (QED) is 0.0327. The molecule has 6 heteroatoms. The van der Waals surface area contributed by atoms with Gasteiger partial charge in [0.15, 0.2) is 0 Å². The summed E-state index contributed by atoms with van der Waals surface area (Å²) in [6.07, 6.45) is 42.5. The van der Waals surface area contributed by atoms with Crippen molar-refractivity contribution < 1.29 is 25.2 Å². The molecule has 1 amide bonds. The van der Waals surface area contributed by atoms with Crippen molar-refractivity contribution in [2.75, 3.05) is 6.61 Å². The van der Waals surface area contributed by atoms with Crippen molar-refractivity contribution in [3.63, 3.8) is 0 Å². The number of aliphatic hydroxyl groups excluding tert-OH is 4. The number of amides is 1. The van der Waals surface area contributed by atoms with Gasteiger partial charge in [0.2, 0.25) is 5.91 Å². The van der Waals surface area contributed by atoms with E-state index in [1.807, 2.05) is 6.08 Å². The van der Waals surface area contributed by atoms with Gasteiger partial charge in [-0.25, -0.2) is 0 Å². The third-order valence-electron chi connectivity index (χ3n) is 9.89. The molecular formula is C43H83NO5.